The maximum absolute atomic E-state index is 12.6. The van der Waals surface area contributed by atoms with Crippen LogP contribution in [0.5, 0.6) is 0 Å². The van der Waals surface area contributed by atoms with E-state index in [1.165, 1.54) is 11.0 Å². The topological polar surface area (TPSA) is 75.5 Å². The summed E-state index contributed by atoms with van der Waals surface area (Å²) in [5, 5.41) is 9.55. The van der Waals surface area contributed by atoms with Crippen LogP contribution >= 0.6 is 11.6 Å². The average molecular weight is 384 g/mol. The molecule has 1 heterocycles. The molecule has 0 saturated carbocycles. The molecule has 6 nitrogen and oxygen atoms in total. The molecule has 3 aromatic rings. The largest absolute Gasteiger partial charge is 0.444 e. The van der Waals surface area contributed by atoms with Gasteiger partial charge in [0.25, 0.3) is 0 Å². The minimum atomic E-state index is -0.623. The van der Waals surface area contributed by atoms with Crippen LogP contribution in [0.2, 0.25) is 5.15 Å². The average Bonchev–Trinajstić information content (AvgIpc) is 2.71. The second-order valence-corrected chi connectivity index (χ2v) is 6.04. The first-order valence-corrected chi connectivity index (χ1v) is 8.74. The summed E-state index contributed by atoms with van der Waals surface area (Å²) in [5.41, 5.74) is 1.63. The van der Waals surface area contributed by atoms with Crippen LogP contribution < -0.4 is 4.90 Å². The van der Waals surface area contributed by atoms with Crippen molar-refractivity contribution in [1.82, 2.24) is 9.97 Å². The van der Waals surface area contributed by atoms with Gasteiger partial charge in [-0.25, -0.2) is 14.8 Å². The zero-order chi connectivity index (χ0) is 19.1. The van der Waals surface area contributed by atoms with Crippen molar-refractivity contribution in [3.8, 4) is 11.4 Å². The first-order chi connectivity index (χ1) is 13.2. The molecule has 1 aromatic heterocycles. The van der Waals surface area contributed by atoms with E-state index < -0.39 is 6.09 Å². The molecular weight excluding hydrogens is 366 g/mol. The van der Waals surface area contributed by atoms with Gasteiger partial charge in [-0.1, -0.05) is 72.3 Å². The summed E-state index contributed by atoms with van der Waals surface area (Å²) >= 11 is 6.13. The van der Waals surface area contributed by atoms with E-state index in [0.29, 0.717) is 5.82 Å². The molecule has 0 atom stereocenters. The van der Waals surface area contributed by atoms with Crippen LogP contribution in [-0.4, -0.2) is 34.3 Å². The minimum Gasteiger partial charge on any atom is -0.444 e. The second kappa shape index (κ2) is 9.12. The summed E-state index contributed by atoms with van der Waals surface area (Å²) in [4.78, 5) is 22.4. The van der Waals surface area contributed by atoms with Crippen LogP contribution in [0, 0.1) is 0 Å². The van der Waals surface area contributed by atoms with Crippen molar-refractivity contribution in [2.75, 3.05) is 18.1 Å². The lowest BCUT2D eigenvalue weighted by atomic mass is 10.2. The molecule has 7 heteroatoms. The maximum atomic E-state index is 12.6. The lowest BCUT2D eigenvalue weighted by Crippen LogP contribution is -2.34. The number of aromatic nitrogens is 2. The molecule has 0 radical (unpaired) electrons. The number of aliphatic hydroxyl groups excluding tert-OH is 1. The number of benzene rings is 2. The Morgan fingerprint density at radius 2 is 1.70 bits per heavy atom. The van der Waals surface area contributed by atoms with Gasteiger partial charge in [0.2, 0.25) is 0 Å². The van der Waals surface area contributed by atoms with Crippen molar-refractivity contribution in [1.29, 1.82) is 0 Å². The fourth-order valence-electron chi connectivity index (χ4n) is 2.46. The molecule has 0 aliphatic heterocycles. The number of halogens is 1. The van der Waals surface area contributed by atoms with E-state index in [9.17, 15) is 9.90 Å². The van der Waals surface area contributed by atoms with Crippen molar-refractivity contribution in [3.05, 3.63) is 77.4 Å². The monoisotopic (exact) mass is 383 g/mol. The lowest BCUT2D eigenvalue weighted by molar-refractivity contribution is 0.145. The van der Waals surface area contributed by atoms with Crippen molar-refractivity contribution in [2.45, 2.75) is 6.61 Å². The summed E-state index contributed by atoms with van der Waals surface area (Å²) in [6.45, 7) is -0.107. The van der Waals surface area contributed by atoms with Gasteiger partial charge >= 0.3 is 6.09 Å². The lowest BCUT2D eigenvalue weighted by Gasteiger charge is -2.21. The van der Waals surface area contributed by atoms with Gasteiger partial charge in [-0.2, -0.15) is 0 Å². The number of carbonyl (C=O) groups excluding carboxylic acids is 1. The van der Waals surface area contributed by atoms with Crippen LogP contribution in [0.4, 0.5) is 10.6 Å². The van der Waals surface area contributed by atoms with E-state index in [1.807, 2.05) is 60.7 Å². The number of aliphatic hydroxyl groups is 1. The highest BCUT2D eigenvalue weighted by molar-refractivity contribution is 6.29. The van der Waals surface area contributed by atoms with Gasteiger partial charge in [0.15, 0.2) is 5.82 Å². The summed E-state index contributed by atoms with van der Waals surface area (Å²) in [5.74, 6) is 0.651. The van der Waals surface area contributed by atoms with Gasteiger partial charge in [0.05, 0.1) is 13.2 Å². The molecule has 0 spiro atoms. The number of hydrogen-bond donors (Lipinski definition) is 1. The highest BCUT2D eigenvalue weighted by atomic mass is 35.5. The Bertz CT molecular complexity index is 891. The predicted octanol–water partition coefficient (Wildman–Crippen LogP) is 3.93. The molecule has 3 rings (SSSR count). The molecule has 0 fully saturated rings. The zero-order valence-corrected chi connectivity index (χ0v) is 15.2. The maximum Gasteiger partial charge on any atom is 0.415 e. The third-order valence-corrected chi connectivity index (χ3v) is 3.93. The van der Waals surface area contributed by atoms with Crippen LogP contribution in [0.25, 0.3) is 11.4 Å². The van der Waals surface area contributed by atoms with Gasteiger partial charge in [-0.15, -0.1) is 0 Å². The Morgan fingerprint density at radius 3 is 2.37 bits per heavy atom. The molecule has 1 N–H and O–H groups in total. The van der Waals surface area contributed by atoms with Gasteiger partial charge in [0.1, 0.15) is 17.6 Å². The molecule has 27 heavy (non-hydrogen) atoms. The van der Waals surface area contributed by atoms with E-state index in [1.54, 1.807) is 0 Å². The molecule has 138 valence electrons. The number of ether oxygens (including phenoxy) is 1. The number of hydrogen-bond acceptors (Lipinski definition) is 5. The zero-order valence-electron chi connectivity index (χ0n) is 14.5. The fourth-order valence-corrected chi connectivity index (χ4v) is 2.63. The Kier molecular flexibility index (Phi) is 6.35. The number of carbonyl (C=O) groups is 1. The van der Waals surface area contributed by atoms with Crippen molar-refractivity contribution < 1.29 is 14.6 Å². The molecule has 0 aliphatic rings. The second-order valence-electron chi connectivity index (χ2n) is 5.65. The Balaban J connectivity index is 1.83. The number of anilines is 1. The fraction of sp³-hybridized carbons (Fsp3) is 0.150. The third-order valence-electron chi connectivity index (χ3n) is 3.74. The van der Waals surface area contributed by atoms with Crippen LogP contribution in [0.1, 0.15) is 5.56 Å². The van der Waals surface area contributed by atoms with Crippen LogP contribution in [-0.2, 0) is 11.3 Å². The van der Waals surface area contributed by atoms with Gasteiger partial charge in [0, 0.05) is 11.6 Å². The molecule has 1 amide bonds. The normalized spacial score (nSPS) is 10.4. The smallest absolute Gasteiger partial charge is 0.415 e. The van der Waals surface area contributed by atoms with Gasteiger partial charge in [-0.3, -0.25) is 4.90 Å². The Hall–Kier alpha value is -2.96. The van der Waals surface area contributed by atoms with Crippen LogP contribution in [0.15, 0.2) is 66.7 Å². The standard InChI is InChI=1S/C20H18ClN3O3/c21-17-13-18(23-19(22-17)16-9-5-2-6-10-16)24(11-12-25)20(26)27-14-15-7-3-1-4-8-15/h1-10,13,25H,11-12,14H2. The minimum absolute atomic E-state index is 0.0230. The molecule has 2 aromatic carbocycles. The molecule has 0 saturated heterocycles. The summed E-state index contributed by atoms with van der Waals surface area (Å²) in [6.07, 6.45) is -0.623. The van der Waals surface area contributed by atoms with E-state index in [4.69, 9.17) is 16.3 Å². The highest BCUT2D eigenvalue weighted by Crippen LogP contribution is 2.23. The van der Waals surface area contributed by atoms with Gasteiger partial charge < -0.3 is 9.84 Å². The number of amides is 1. The van der Waals surface area contributed by atoms with E-state index in [0.717, 1.165) is 11.1 Å². The third kappa shape index (κ3) is 5.03. The van der Waals surface area contributed by atoms with Gasteiger partial charge in [-0.05, 0) is 5.56 Å². The van der Waals surface area contributed by atoms with Crippen molar-refractivity contribution in [2.24, 2.45) is 0 Å². The quantitative estimate of drug-likeness (QED) is 0.652. The highest BCUT2D eigenvalue weighted by Gasteiger charge is 2.20. The Labute approximate surface area is 162 Å². The van der Waals surface area contributed by atoms with E-state index >= 15 is 0 Å². The first kappa shape index (κ1) is 18.8. The molecular formula is C20H18ClN3O3. The molecule has 0 unspecified atom stereocenters. The first-order valence-electron chi connectivity index (χ1n) is 8.36. The van der Waals surface area contributed by atoms with Crippen molar-refractivity contribution in [3.63, 3.8) is 0 Å². The number of nitrogens with zero attached hydrogens (tertiary/aromatic N) is 3. The summed E-state index contributed by atoms with van der Waals surface area (Å²) < 4.78 is 5.36. The molecule has 0 aliphatic carbocycles. The predicted molar refractivity (Wildman–Crippen MR) is 104 cm³/mol. The SMILES string of the molecule is O=C(OCc1ccccc1)N(CCO)c1cc(Cl)nc(-c2ccccc2)n1. The van der Waals surface area contributed by atoms with Crippen molar-refractivity contribution >= 4 is 23.5 Å². The van der Waals surface area contributed by atoms with E-state index in [2.05, 4.69) is 9.97 Å². The van der Waals surface area contributed by atoms with E-state index in [-0.39, 0.29) is 30.7 Å². The number of rotatable bonds is 6. The summed E-state index contributed by atoms with van der Waals surface area (Å²) in [7, 11) is 0. The Morgan fingerprint density at radius 1 is 1.04 bits per heavy atom. The van der Waals surface area contributed by atoms with Crippen LogP contribution in [0.3, 0.4) is 0 Å². The molecule has 0 bridgehead atoms. The summed E-state index contributed by atoms with van der Waals surface area (Å²) in [6, 6.07) is 20.1.